The van der Waals surface area contributed by atoms with E-state index >= 15 is 0 Å². The van der Waals surface area contributed by atoms with Crippen molar-refractivity contribution in [1.82, 2.24) is 14.7 Å². The van der Waals surface area contributed by atoms with Crippen LogP contribution >= 0.6 is 11.3 Å². The smallest absolute Gasteiger partial charge is 0.320 e. The van der Waals surface area contributed by atoms with E-state index in [9.17, 15) is 9.59 Å². The molecule has 1 aliphatic rings. The van der Waals surface area contributed by atoms with E-state index in [-0.39, 0.29) is 30.6 Å². The lowest BCUT2D eigenvalue weighted by atomic mass is 9.92. The first-order chi connectivity index (χ1) is 13.3. The molecule has 28 heavy (non-hydrogen) atoms. The van der Waals surface area contributed by atoms with Gasteiger partial charge >= 0.3 is 6.03 Å². The first-order valence-electron chi connectivity index (χ1n) is 9.69. The average Bonchev–Trinajstić information content (AvgIpc) is 3.13. The third kappa shape index (κ3) is 4.07. The molecule has 0 saturated heterocycles. The second-order valence-corrected chi connectivity index (χ2v) is 8.85. The maximum Gasteiger partial charge on any atom is 0.320 e. The van der Waals surface area contributed by atoms with Gasteiger partial charge in [-0.25, -0.2) is 4.79 Å². The van der Waals surface area contributed by atoms with Gasteiger partial charge in [0.2, 0.25) is 5.91 Å². The number of amides is 3. The zero-order chi connectivity index (χ0) is 20.4. The monoisotopic (exact) mass is 399 g/mol. The number of carbonyl (C=O) groups is 2. The summed E-state index contributed by atoms with van der Waals surface area (Å²) in [4.78, 5) is 32.3. The van der Waals surface area contributed by atoms with Crippen LogP contribution in [0.15, 0.2) is 35.7 Å². The number of benzene rings is 1. The molecule has 6 heteroatoms. The van der Waals surface area contributed by atoms with E-state index in [1.165, 1.54) is 20.9 Å². The number of hydrogen-bond donors (Lipinski definition) is 0. The standard InChI is InChI=1S/C22H29N3O2S/c1-15(2)25(22(27)23(4)5)14-20(26)24-12-10-19-18(11-13-28-19)21(24)17-8-6-16(3)7-9-17/h6-9,11,13,15,21H,10,12,14H2,1-5H3/t21-/m0/s1. The average molecular weight is 400 g/mol. The van der Waals surface area contributed by atoms with Gasteiger partial charge in [0, 0.05) is 31.6 Å². The lowest BCUT2D eigenvalue weighted by Gasteiger charge is -2.38. The fourth-order valence-corrected chi connectivity index (χ4v) is 4.56. The van der Waals surface area contributed by atoms with Crippen molar-refractivity contribution in [3.63, 3.8) is 0 Å². The van der Waals surface area contributed by atoms with Crippen LogP contribution in [0.4, 0.5) is 4.79 Å². The van der Waals surface area contributed by atoms with Crippen molar-refractivity contribution in [1.29, 1.82) is 0 Å². The van der Waals surface area contributed by atoms with Gasteiger partial charge in [-0.2, -0.15) is 0 Å². The van der Waals surface area contributed by atoms with Crippen LogP contribution in [0.5, 0.6) is 0 Å². The Morgan fingerprint density at radius 3 is 2.46 bits per heavy atom. The molecule has 3 amide bonds. The summed E-state index contributed by atoms with van der Waals surface area (Å²) < 4.78 is 0. The molecular weight excluding hydrogens is 370 g/mol. The predicted octanol–water partition coefficient (Wildman–Crippen LogP) is 3.92. The van der Waals surface area contributed by atoms with E-state index in [1.54, 1.807) is 30.3 Å². The molecule has 0 bridgehead atoms. The molecule has 0 unspecified atom stereocenters. The minimum absolute atomic E-state index is 0.00803. The van der Waals surface area contributed by atoms with Gasteiger partial charge in [-0.15, -0.1) is 11.3 Å². The third-order valence-electron chi connectivity index (χ3n) is 5.24. The number of carbonyl (C=O) groups excluding carboxylic acids is 2. The summed E-state index contributed by atoms with van der Waals surface area (Å²) in [7, 11) is 3.44. The van der Waals surface area contributed by atoms with E-state index in [4.69, 9.17) is 0 Å². The summed E-state index contributed by atoms with van der Waals surface area (Å²) in [5, 5.41) is 2.11. The Balaban J connectivity index is 1.91. The van der Waals surface area contributed by atoms with Crippen LogP contribution in [0.25, 0.3) is 0 Å². The van der Waals surface area contributed by atoms with Gasteiger partial charge in [0.25, 0.3) is 0 Å². The van der Waals surface area contributed by atoms with E-state index in [1.807, 2.05) is 18.7 Å². The number of aryl methyl sites for hydroxylation is 1. The number of hydrogen-bond acceptors (Lipinski definition) is 3. The molecule has 2 aromatic rings. The van der Waals surface area contributed by atoms with Gasteiger partial charge in [-0.1, -0.05) is 29.8 Å². The first kappa shape index (κ1) is 20.4. The summed E-state index contributed by atoms with van der Waals surface area (Å²) in [5.41, 5.74) is 3.53. The number of urea groups is 1. The molecule has 1 aliphatic heterocycles. The molecule has 0 saturated carbocycles. The molecule has 0 aliphatic carbocycles. The number of rotatable bonds is 4. The Morgan fingerprint density at radius 1 is 1.18 bits per heavy atom. The zero-order valence-corrected chi connectivity index (χ0v) is 18.1. The molecule has 1 atom stereocenters. The van der Waals surface area contributed by atoms with Crippen LogP contribution in [0.2, 0.25) is 0 Å². The number of fused-ring (bicyclic) bond motifs is 1. The van der Waals surface area contributed by atoms with Crippen LogP contribution < -0.4 is 0 Å². The van der Waals surface area contributed by atoms with Gasteiger partial charge in [-0.05, 0) is 49.8 Å². The van der Waals surface area contributed by atoms with E-state index in [0.29, 0.717) is 6.54 Å². The van der Waals surface area contributed by atoms with Crippen molar-refractivity contribution in [2.45, 2.75) is 39.3 Å². The Bertz CT molecular complexity index is 842. The Hall–Kier alpha value is -2.34. The van der Waals surface area contributed by atoms with Gasteiger partial charge in [0.1, 0.15) is 6.54 Å². The number of nitrogens with zero attached hydrogens (tertiary/aromatic N) is 3. The quantitative estimate of drug-likeness (QED) is 0.782. The van der Waals surface area contributed by atoms with Crippen molar-refractivity contribution >= 4 is 23.3 Å². The van der Waals surface area contributed by atoms with Gasteiger partial charge in [0.05, 0.1) is 6.04 Å². The Morgan fingerprint density at radius 2 is 1.86 bits per heavy atom. The Kier molecular flexibility index (Phi) is 6.08. The molecule has 2 heterocycles. The van der Waals surface area contributed by atoms with Crippen LogP contribution in [0, 0.1) is 6.92 Å². The van der Waals surface area contributed by atoms with Crippen LogP contribution in [0.3, 0.4) is 0 Å². The van der Waals surface area contributed by atoms with Crippen molar-refractivity contribution in [3.8, 4) is 0 Å². The van der Waals surface area contributed by atoms with Crippen LogP contribution in [-0.2, 0) is 11.2 Å². The maximum absolute atomic E-state index is 13.3. The lowest BCUT2D eigenvalue weighted by Crippen LogP contribution is -2.51. The van der Waals surface area contributed by atoms with Crippen LogP contribution in [-0.4, -0.2) is 59.9 Å². The maximum atomic E-state index is 13.3. The normalized spacial score (nSPS) is 16.1. The highest BCUT2D eigenvalue weighted by Crippen LogP contribution is 2.38. The summed E-state index contributed by atoms with van der Waals surface area (Å²) in [5.74, 6) is -0.00803. The van der Waals surface area contributed by atoms with Crippen molar-refractivity contribution in [2.24, 2.45) is 0 Å². The van der Waals surface area contributed by atoms with Gasteiger partial charge in [-0.3, -0.25) is 4.79 Å². The molecule has 0 N–H and O–H groups in total. The van der Waals surface area contributed by atoms with Gasteiger partial charge < -0.3 is 14.7 Å². The van der Waals surface area contributed by atoms with E-state index in [2.05, 4.69) is 42.6 Å². The third-order valence-corrected chi connectivity index (χ3v) is 6.23. The van der Waals surface area contributed by atoms with Crippen molar-refractivity contribution < 1.29 is 9.59 Å². The summed E-state index contributed by atoms with van der Waals surface area (Å²) in [6.07, 6.45) is 0.865. The van der Waals surface area contributed by atoms with Gasteiger partial charge in [0.15, 0.2) is 0 Å². The fourth-order valence-electron chi connectivity index (χ4n) is 3.66. The van der Waals surface area contributed by atoms with Crippen molar-refractivity contribution in [2.75, 3.05) is 27.2 Å². The molecular formula is C22H29N3O2S. The first-order valence-corrected chi connectivity index (χ1v) is 10.6. The lowest BCUT2D eigenvalue weighted by molar-refractivity contribution is -0.134. The summed E-state index contributed by atoms with van der Waals surface area (Å²) in [6, 6.07) is 10.3. The highest BCUT2D eigenvalue weighted by atomic mass is 32.1. The van der Waals surface area contributed by atoms with Crippen molar-refractivity contribution in [3.05, 3.63) is 57.3 Å². The van der Waals surface area contributed by atoms with Crippen LogP contribution in [0.1, 0.15) is 41.5 Å². The summed E-state index contributed by atoms with van der Waals surface area (Å²) in [6.45, 7) is 6.72. The minimum atomic E-state index is -0.136. The molecule has 0 radical (unpaired) electrons. The second-order valence-electron chi connectivity index (χ2n) is 7.85. The molecule has 5 nitrogen and oxygen atoms in total. The molecule has 0 fully saturated rings. The Labute approximate surface area is 171 Å². The number of thiophene rings is 1. The molecule has 1 aromatic heterocycles. The topological polar surface area (TPSA) is 43.9 Å². The highest BCUT2D eigenvalue weighted by molar-refractivity contribution is 7.10. The summed E-state index contributed by atoms with van der Waals surface area (Å²) >= 11 is 1.76. The molecule has 1 aromatic carbocycles. The highest BCUT2D eigenvalue weighted by Gasteiger charge is 2.34. The predicted molar refractivity (Wildman–Crippen MR) is 114 cm³/mol. The largest absolute Gasteiger partial charge is 0.331 e. The minimum Gasteiger partial charge on any atom is -0.331 e. The fraction of sp³-hybridized carbons (Fsp3) is 0.455. The van der Waals surface area contributed by atoms with E-state index < -0.39 is 0 Å². The van der Waals surface area contributed by atoms with E-state index in [0.717, 1.165) is 12.0 Å². The second kappa shape index (κ2) is 8.35. The SMILES string of the molecule is Cc1ccc([C@H]2c3ccsc3CCN2C(=O)CN(C(=O)N(C)C)C(C)C)cc1. The molecule has 3 rings (SSSR count). The zero-order valence-electron chi connectivity index (χ0n) is 17.3. The molecule has 150 valence electrons. The molecule has 0 spiro atoms.